The molecule has 0 atom stereocenters. The summed E-state index contributed by atoms with van der Waals surface area (Å²) in [5.74, 6) is -1.69. The maximum Gasteiger partial charge on any atom is 0.183 e. The smallest absolute Gasteiger partial charge is 0.183 e. The summed E-state index contributed by atoms with van der Waals surface area (Å²) in [6.45, 7) is 1.84. The van der Waals surface area contributed by atoms with Gasteiger partial charge in [-0.3, -0.25) is 0 Å². The van der Waals surface area contributed by atoms with Crippen LogP contribution < -0.4 is 0 Å². The molecule has 0 saturated heterocycles. The lowest BCUT2D eigenvalue weighted by molar-refractivity contribution is 0.511. The number of halogens is 3. The van der Waals surface area contributed by atoms with E-state index in [2.05, 4.69) is 20.9 Å². The Kier molecular flexibility index (Phi) is 1.87. The van der Waals surface area contributed by atoms with E-state index in [0.29, 0.717) is 5.39 Å². The van der Waals surface area contributed by atoms with Crippen LogP contribution >= 0.6 is 15.9 Å². The van der Waals surface area contributed by atoms with Crippen LogP contribution in [-0.4, -0.2) is 4.98 Å². The van der Waals surface area contributed by atoms with E-state index < -0.39 is 11.6 Å². The summed E-state index contributed by atoms with van der Waals surface area (Å²) in [6.07, 6.45) is 1.65. The number of rotatable bonds is 0. The molecule has 0 spiro atoms. The zero-order valence-corrected chi connectivity index (χ0v) is 8.37. The molecule has 1 nitrogen and oxygen atoms in total. The van der Waals surface area contributed by atoms with Gasteiger partial charge < -0.3 is 4.98 Å². The summed E-state index contributed by atoms with van der Waals surface area (Å²) in [4.78, 5) is 2.69. The highest BCUT2D eigenvalue weighted by molar-refractivity contribution is 9.10. The van der Waals surface area contributed by atoms with E-state index in [4.69, 9.17) is 0 Å². The largest absolute Gasteiger partial charge is 0.358 e. The van der Waals surface area contributed by atoms with Crippen LogP contribution in [0.4, 0.5) is 8.78 Å². The zero-order valence-electron chi connectivity index (χ0n) is 6.79. The lowest BCUT2D eigenvalue weighted by Crippen LogP contribution is -1.87. The van der Waals surface area contributed by atoms with Crippen molar-refractivity contribution in [2.75, 3.05) is 0 Å². The minimum Gasteiger partial charge on any atom is -0.358 e. The van der Waals surface area contributed by atoms with Gasteiger partial charge in [-0.2, -0.15) is 0 Å². The van der Waals surface area contributed by atoms with Crippen LogP contribution in [0, 0.1) is 18.6 Å². The van der Waals surface area contributed by atoms with E-state index >= 15 is 0 Å². The molecule has 0 saturated carbocycles. The Morgan fingerprint density at radius 3 is 2.69 bits per heavy atom. The molecular formula is C9H6BrF2N. The highest BCUT2D eigenvalue weighted by Crippen LogP contribution is 2.28. The first-order valence-corrected chi connectivity index (χ1v) is 4.51. The fourth-order valence-electron chi connectivity index (χ4n) is 1.31. The molecule has 0 bridgehead atoms. The Balaban J connectivity index is 2.96. The quantitative estimate of drug-likeness (QED) is 0.684. The minimum absolute atomic E-state index is 0.153. The summed E-state index contributed by atoms with van der Waals surface area (Å²) in [6, 6.07) is 1.57. The molecule has 2 aromatic rings. The van der Waals surface area contributed by atoms with Crippen molar-refractivity contribution in [3.8, 4) is 0 Å². The molecule has 0 fully saturated rings. The van der Waals surface area contributed by atoms with E-state index in [-0.39, 0.29) is 9.99 Å². The Morgan fingerprint density at radius 2 is 2.00 bits per heavy atom. The topological polar surface area (TPSA) is 15.8 Å². The van der Waals surface area contributed by atoms with Crippen LogP contribution in [0.5, 0.6) is 0 Å². The number of nitrogens with one attached hydrogen (secondary N) is 1. The number of H-pyrrole nitrogens is 1. The summed E-state index contributed by atoms with van der Waals surface area (Å²) >= 11 is 2.96. The molecule has 0 aliphatic carbocycles. The third-order valence-electron chi connectivity index (χ3n) is 2.02. The first-order chi connectivity index (χ1) is 6.11. The summed E-state index contributed by atoms with van der Waals surface area (Å²) in [7, 11) is 0. The fraction of sp³-hybridized carbons (Fsp3) is 0.111. The van der Waals surface area contributed by atoms with Crippen molar-refractivity contribution in [2.24, 2.45) is 0 Å². The molecule has 1 heterocycles. The third-order valence-corrected chi connectivity index (χ3v) is 2.60. The molecule has 4 heteroatoms. The van der Waals surface area contributed by atoms with Gasteiger partial charge in [0.15, 0.2) is 11.6 Å². The van der Waals surface area contributed by atoms with Crippen molar-refractivity contribution in [1.82, 2.24) is 4.98 Å². The molecule has 1 aromatic heterocycles. The first-order valence-electron chi connectivity index (χ1n) is 3.72. The van der Waals surface area contributed by atoms with Gasteiger partial charge in [-0.25, -0.2) is 8.78 Å². The number of aromatic nitrogens is 1. The molecule has 2 rings (SSSR count). The maximum atomic E-state index is 13.2. The van der Waals surface area contributed by atoms with Crippen LogP contribution in [0.15, 0.2) is 16.7 Å². The van der Waals surface area contributed by atoms with Gasteiger partial charge in [0.05, 0.1) is 9.99 Å². The molecule has 1 N–H and O–H groups in total. The van der Waals surface area contributed by atoms with Crippen LogP contribution in [0.25, 0.3) is 10.9 Å². The monoisotopic (exact) mass is 245 g/mol. The van der Waals surface area contributed by atoms with E-state index in [1.165, 1.54) is 0 Å². The number of aryl methyl sites for hydroxylation is 1. The van der Waals surface area contributed by atoms with Crippen molar-refractivity contribution in [3.05, 3.63) is 33.9 Å². The lowest BCUT2D eigenvalue weighted by Gasteiger charge is -1.98. The van der Waals surface area contributed by atoms with E-state index in [9.17, 15) is 8.78 Å². The van der Waals surface area contributed by atoms with E-state index in [0.717, 1.165) is 5.56 Å². The average Bonchev–Trinajstić information content (AvgIpc) is 2.45. The van der Waals surface area contributed by atoms with Gasteiger partial charge in [0.1, 0.15) is 0 Å². The molecule has 0 radical (unpaired) electrons. The second kappa shape index (κ2) is 2.80. The Hall–Kier alpha value is -0.900. The van der Waals surface area contributed by atoms with Gasteiger partial charge in [-0.1, -0.05) is 0 Å². The van der Waals surface area contributed by atoms with Gasteiger partial charge in [0.25, 0.3) is 0 Å². The van der Waals surface area contributed by atoms with Gasteiger partial charge >= 0.3 is 0 Å². The Bertz CT molecular complexity index is 476. The zero-order chi connectivity index (χ0) is 9.59. The molecule has 68 valence electrons. The van der Waals surface area contributed by atoms with Gasteiger partial charge in [-0.05, 0) is 34.5 Å². The number of fused-ring (bicyclic) bond motifs is 1. The Morgan fingerprint density at radius 1 is 1.31 bits per heavy atom. The minimum atomic E-state index is -0.852. The summed E-state index contributed by atoms with van der Waals surface area (Å²) in [5.41, 5.74) is 1.12. The van der Waals surface area contributed by atoms with Crippen LogP contribution in [0.2, 0.25) is 0 Å². The number of hydrogen-bond acceptors (Lipinski definition) is 0. The molecule has 0 amide bonds. The molecule has 1 aromatic carbocycles. The van der Waals surface area contributed by atoms with Crippen LogP contribution in [0.3, 0.4) is 0 Å². The lowest BCUT2D eigenvalue weighted by atomic mass is 10.2. The standard InChI is InChI=1S/C9H6BrF2N/c1-4-3-13-9-5(4)2-6(10)7(11)8(9)12/h2-3,13H,1H3. The van der Waals surface area contributed by atoms with Gasteiger partial charge in [-0.15, -0.1) is 0 Å². The molecule has 0 aliphatic heterocycles. The average molecular weight is 246 g/mol. The van der Waals surface area contributed by atoms with Crippen molar-refractivity contribution < 1.29 is 8.78 Å². The van der Waals surface area contributed by atoms with Crippen LogP contribution in [-0.2, 0) is 0 Å². The summed E-state index contributed by atoms with van der Waals surface area (Å²) in [5, 5.41) is 0.700. The van der Waals surface area contributed by atoms with Crippen molar-refractivity contribution in [1.29, 1.82) is 0 Å². The predicted octanol–water partition coefficient (Wildman–Crippen LogP) is 3.52. The normalized spacial score (nSPS) is 11.1. The molecule has 13 heavy (non-hydrogen) atoms. The van der Waals surface area contributed by atoms with E-state index in [1.807, 2.05) is 6.92 Å². The molecule has 0 unspecified atom stereocenters. The SMILES string of the molecule is Cc1c[nH]c2c(F)c(F)c(Br)cc12. The predicted molar refractivity (Wildman–Crippen MR) is 50.7 cm³/mol. The Labute approximate surface area is 81.9 Å². The molecular weight excluding hydrogens is 240 g/mol. The van der Waals surface area contributed by atoms with Crippen molar-refractivity contribution in [3.63, 3.8) is 0 Å². The summed E-state index contributed by atoms with van der Waals surface area (Å²) < 4.78 is 26.4. The van der Waals surface area contributed by atoms with Crippen molar-refractivity contribution >= 4 is 26.8 Å². The number of hydrogen-bond donors (Lipinski definition) is 1. The number of benzene rings is 1. The second-order valence-electron chi connectivity index (χ2n) is 2.88. The maximum absolute atomic E-state index is 13.2. The highest BCUT2D eigenvalue weighted by atomic mass is 79.9. The second-order valence-corrected chi connectivity index (χ2v) is 3.73. The highest BCUT2D eigenvalue weighted by Gasteiger charge is 2.13. The third kappa shape index (κ3) is 1.16. The molecule has 0 aliphatic rings. The first kappa shape index (κ1) is 8.69. The van der Waals surface area contributed by atoms with Gasteiger partial charge in [0, 0.05) is 11.6 Å². The van der Waals surface area contributed by atoms with Gasteiger partial charge in [0.2, 0.25) is 0 Å². The number of aromatic amines is 1. The van der Waals surface area contributed by atoms with E-state index in [1.54, 1.807) is 12.3 Å². The fourth-order valence-corrected chi connectivity index (χ4v) is 1.71. The van der Waals surface area contributed by atoms with Crippen LogP contribution in [0.1, 0.15) is 5.56 Å². The van der Waals surface area contributed by atoms with Crippen molar-refractivity contribution in [2.45, 2.75) is 6.92 Å².